The maximum absolute atomic E-state index is 11.9. The average Bonchev–Trinajstić information content (AvgIpc) is 2.83. The number of carbonyl (C=O) groups is 1. The van der Waals surface area contributed by atoms with Gasteiger partial charge in [0.1, 0.15) is 11.4 Å². The highest BCUT2D eigenvalue weighted by molar-refractivity contribution is 6.02. The number of ether oxygens (including phenoxy) is 1. The van der Waals surface area contributed by atoms with Crippen molar-refractivity contribution in [3.8, 4) is 5.75 Å². The Morgan fingerprint density at radius 1 is 1.16 bits per heavy atom. The Hall–Kier alpha value is -2.44. The summed E-state index contributed by atoms with van der Waals surface area (Å²) in [4.78, 5) is 14.3. The smallest absolute Gasteiger partial charge is 0.406 e. The Balaban J connectivity index is 2.01. The van der Waals surface area contributed by atoms with E-state index in [-0.39, 0.29) is 11.7 Å². The number of alkyl halides is 3. The molecule has 0 aliphatic carbocycles. The van der Waals surface area contributed by atoms with Crippen LogP contribution < -0.4 is 10.1 Å². The summed E-state index contributed by atoms with van der Waals surface area (Å²) in [7, 11) is 0. The highest BCUT2D eigenvalue weighted by atomic mass is 19.4. The number of amides is 1. The van der Waals surface area contributed by atoms with Crippen LogP contribution in [0.3, 0.4) is 0 Å². The van der Waals surface area contributed by atoms with Crippen molar-refractivity contribution in [2.75, 3.05) is 5.32 Å². The molecule has 0 aliphatic heterocycles. The largest absolute Gasteiger partial charge is 0.573 e. The highest BCUT2D eigenvalue weighted by Crippen LogP contribution is 2.24. The fourth-order valence-corrected chi connectivity index (χ4v) is 1.41. The topological polar surface area (TPSA) is 54.1 Å². The van der Waals surface area contributed by atoms with Gasteiger partial charge in [-0.3, -0.25) is 4.79 Å². The van der Waals surface area contributed by atoms with Crippen LogP contribution in [-0.4, -0.2) is 17.3 Å². The summed E-state index contributed by atoms with van der Waals surface area (Å²) in [6, 6.07) is 8.13. The number of hydrogen-bond acceptors (Lipinski definition) is 2. The molecule has 0 radical (unpaired) electrons. The molecular formula is C12H9F3N2O2. The summed E-state index contributed by atoms with van der Waals surface area (Å²) in [5, 5.41) is 2.53. The summed E-state index contributed by atoms with van der Waals surface area (Å²) in [6.45, 7) is 0. The van der Waals surface area contributed by atoms with Gasteiger partial charge in [0.25, 0.3) is 5.91 Å². The maximum atomic E-state index is 11.9. The quantitative estimate of drug-likeness (QED) is 0.900. The van der Waals surface area contributed by atoms with Crippen LogP contribution in [0.2, 0.25) is 0 Å². The molecule has 0 saturated carbocycles. The second-order valence-electron chi connectivity index (χ2n) is 3.61. The van der Waals surface area contributed by atoms with Gasteiger partial charge >= 0.3 is 6.36 Å². The third-order valence-electron chi connectivity index (χ3n) is 2.19. The van der Waals surface area contributed by atoms with Crippen molar-refractivity contribution in [1.29, 1.82) is 0 Å². The number of hydrogen-bond donors (Lipinski definition) is 2. The first-order valence-corrected chi connectivity index (χ1v) is 5.24. The number of H-pyrrole nitrogens is 1. The summed E-state index contributed by atoms with van der Waals surface area (Å²) >= 11 is 0. The Morgan fingerprint density at radius 3 is 2.37 bits per heavy atom. The third kappa shape index (κ3) is 3.77. The van der Waals surface area contributed by atoms with Crippen molar-refractivity contribution in [3.05, 3.63) is 48.3 Å². The van der Waals surface area contributed by atoms with E-state index in [4.69, 9.17) is 0 Å². The molecule has 4 nitrogen and oxygen atoms in total. The van der Waals surface area contributed by atoms with E-state index >= 15 is 0 Å². The van der Waals surface area contributed by atoms with Crippen LogP contribution in [0.15, 0.2) is 42.6 Å². The molecule has 0 bridgehead atoms. The summed E-state index contributed by atoms with van der Waals surface area (Å²) in [5.41, 5.74) is 0.727. The van der Waals surface area contributed by atoms with E-state index in [0.29, 0.717) is 11.4 Å². The number of aromatic amines is 1. The number of anilines is 1. The van der Waals surface area contributed by atoms with Gasteiger partial charge in [-0.2, -0.15) is 0 Å². The minimum absolute atomic E-state index is 0.342. The van der Waals surface area contributed by atoms with Gasteiger partial charge in [0.15, 0.2) is 0 Å². The van der Waals surface area contributed by atoms with Crippen LogP contribution in [0.4, 0.5) is 18.9 Å². The average molecular weight is 270 g/mol. The van der Waals surface area contributed by atoms with Crippen molar-refractivity contribution >= 4 is 11.6 Å². The highest BCUT2D eigenvalue weighted by Gasteiger charge is 2.30. The van der Waals surface area contributed by atoms with E-state index in [0.717, 1.165) is 12.1 Å². The van der Waals surface area contributed by atoms with Gasteiger partial charge in [0, 0.05) is 11.9 Å². The van der Waals surface area contributed by atoms with Gasteiger partial charge in [0.2, 0.25) is 0 Å². The zero-order valence-corrected chi connectivity index (χ0v) is 9.49. The lowest BCUT2D eigenvalue weighted by Gasteiger charge is -2.09. The second kappa shape index (κ2) is 5.05. The van der Waals surface area contributed by atoms with E-state index in [1.54, 1.807) is 18.3 Å². The molecule has 1 aromatic carbocycles. The monoisotopic (exact) mass is 270 g/mol. The number of aromatic nitrogens is 1. The fourth-order valence-electron chi connectivity index (χ4n) is 1.41. The third-order valence-corrected chi connectivity index (χ3v) is 2.19. The van der Waals surface area contributed by atoms with E-state index in [2.05, 4.69) is 15.0 Å². The van der Waals surface area contributed by atoms with Crippen LogP contribution in [0, 0.1) is 0 Å². The van der Waals surface area contributed by atoms with Crippen LogP contribution in [0.25, 0.3) is 0 Å². The van der Waals surface area contributed by atoms with Gasteiger partial charge < -0.3 is 15.0 Å². The lowest BCUT2D eigenvalue weighted by molar-refractivity contribution is -0.274. The lowest BCUT2D eigenvalue weighted by Crippen LogP contribution is -2.17. The molecular weight excluding hydrogens is 261 g/mol. The van der Waals surface area contributed by atoms with Crippen molar-refractivity contribution < 1.29 is 22.7 Å². The predicted octanol–water partition coefficient (Wildman–Crippen LogP) is 3.17. The molecule has 100 valence electrons. The van der Waals surface area contributed by atoms with E-state index in [1.807, 2.05) is 0 Å². The Bertz CT molecular complexity index is 547. The molecule has 2 N–H and O–H groups in total. The molecule has 1 heterocycles. The number of rotatable bonds is 3. The summed E-state index contributed by atoms with van der Waals surface area (Å²) in [5.74, 6) is -0.722. The fraction of sp³-hybridized carbons (Fsp3) is 0.0833. The number of benzene rings is 1. The Kier molecular flexibility index (Phi) is 3.46. The molecule has 19 heavy (non-hydrogen) atoms. The van der Waals surface area contributed by atoms with Crippen LogP contribution in [0.5, 0.6) is 5.75 Å². The summed E-state index contributed by atoms with van der Waals surface area (Å²) < 4.78 is 39.5. The number of carbonyl (C=O) groups excluding carboxylic acids is 1. The van der Waals surface area contributed by atoms with Gasteiger partial charge in [0.05, 0.1) is 0 Å². The first-order chi connectivity index (χ1) is 8.94. The normalized spacial score (nSPS) is 11.1. The van der Waals surface area contributed by atoms with Crippen LogP contribution in [0.1, 0.15) is 10.5 Å². The molecule has 0 spiro atoms. The van der Waals surface area contributed by atoms with E-state index < -0.39 is 6.36 Å². The minimum atomic E-state index is -4.73. The van der Waals surface area contributed by atoms with Crippen molar-refractivity contribution in [2.24, 2.45) is 0 Å². The first kappa shape index (κ1) is 13.0. The van der Waals surface area contributed by atoms with Gasteiger partial charge in [-0.1, -0.05) is 0 Å². The van der Waals surface area contributed by atoms with Gasteiger partial charge in [-0.05, 0) is 36.4 Å². The molecule has 0 unspecified atom stereocenters. The molecule has 1 aromatic heterocycles. The minimum Gasteiger partial charge on any atom is -0.406 e. The standard InChI is InChI=1S/C12H9F3N2O2/c13-12(14,15)19-9-5-3-8(4-6-9)17-11(18)10-2-1-7-16-10/h1-7,16H,(H,17,18). The zero-order chi connectivity index (χ0) is 13.9. The Morgan fingerprint density at radius 2 is 1.84 bits per heavy atom. The molecule has 1 amide bonds. The number of halogens is 3. The SMILES string of the molecule is O=C(Nc1ccc(OC(F)(F)F)cc1)c1ccc[nH]1. The summed E-state index contributed by atoms with van der Waals surface area (Å²) in [6.07, 6.45) is -3.13. The maximum Gasteiger partial charge on any atom is 0.573 e. The van der Waals surface area contributed by atoms with Crippen LogP contribution in [-0.2, 0) is 0 Å². The predicted molar refractivity (Wildman–Crippen MR) is 61.9 cm³/mol. The lowest BCUT2D eigenvalue weighted by atomic mass is 10.3. The molecule has 2 aromatic rings. The second-order valence-corrected chi connectivity index (χ2v) is 3.61. The van der Waals surface area contributed by atoms with E-state index in [1.165, 1.54) is 12.1 Å². The molecule has 0 aliphatic rings. The first-order valence-electron chi connectivity index (χ1n) is 5.24. The van der Waals surface area contributed by atoms with Crippen molar-refractivity contribution in [1.82, 2.24) is 4.98 Å². The van der Waals surface area contributed by atoms with Crippen molar-refractivity contribution in [3.63, 3.8) is 0 Å². The van der Waals surface area contributed by atoms with E-state index in [9.17, 15) is 18.0 Å². The molecule has 0 saturated heterocycles. The Labute approximate surface area is 106 Å². The molecule has 2 rings (SSSR count). The molecule has 0 atom stereocenters. The van der Waals surface area contributed by atoms with Gasteiger partial charge in [-0.15, -0.1) is 13.2 Å². The zero-order valence-electron chi connectivity index (χ0n) is 9.49. The van der Waals surface area contributed by atoms with Crippen molar-refractivity contribution in [2.45, 2.75) is 6.36 Å². The molecule has 0 fully saturated rings. The van der Waals surface area contributed by atoms with Gasteiger partial charge in [-0.25, -0.2) is 0 Å². The van der Waals surface area contributed by atoms with Crippen LogP contribution >= 0.6 is 0 Å². The molecule has 7 heteroatoms. The number of nitrogens with one attached hydrogen (secondary N) is 2.